The van der Waals surface area contributed by atoms with Crippen LogP contribution in [-0.2, 0) is 6.54 Å². The fraction of sp³-hybridized carbons (Fsp3) is 0.455. The zero-order valence-electron chi connectivity index (χ0n) is 17.6. The molecule has 1 aromatic carbocycles. The van der Waals surface area contributed by atoms with Crippen LogP contribution in [0.25, 0.3) is 0 Å². The Morgan fingerprint density at radius 1 is 1.10 bits per heavy atom. The van der Waals surface area contributed by atoms with Gasteiger partial charge in [0.15, 0.2) is 5.96 Å². The van der Waals surface area contributed by atoms with Gasteiger partial charge in [-0.2, -0.15) is 0 Å². The number of aromatic nitrogens is 1. The predicted molar refractivity (Wildman–Crippen MR) is 134 cm³/mol. The summed E-state index contributed by atoms with van der Waals surface area (Å²) < 4.78 is 0. The second-order valence-corrected chi connectivity index (χ2v) is 7.32. The molecule has 158 valence electrons. The van der Waals surface area contributed by atoms with Crippen LogP contribution in [0.4, 0.5) is 11.5 Å². The Kier molecular flexibility index (Phi) is 9.50. The van der Waals surface area contributed by atoms with Crippen molar-refractivity contribution in [2.75, 3.05) is 43.5 Å². The van der Waals surface area contributed by atoms with Crippen molar-refractivity contribution < 1.29 is 0 Å². The normalized spacial score (nSPS) is 14.9. The van der Waals surface area contributed by atoms with Crippen LogP contribution in [-0.4, -0.2) is 50.7 Å². The lowest BCUT2D eigenvalue weighted by Gasteiger charge is -2.34. The number of pyridine rings is 1. The molecule has 1 saturated heterocycles. The Labute approximate surface area is 191 Å². The summed E-state index contributed by atoms with van der Waals surface area (Å²) in [5.41, 5.74) is 2.29. The number of para-hydroxylation sites is 1. The van der Waals surface area contributed by atoms with Gasteiger partial charge in [-0.15, -0.1) is 24.0 Å². The van der Waals surface area contributed by atoms with Crippen LogP contribution in [0.3, 0.4) is 0 Å². The van der Waals surface area contributed by atoms with Gasteiger partial charge in [0.2, 0.25) is 0 Å². The van der Waals surface area contributed by atoms with E-state index in [2.05, 4.69) is 57.8 Å². The number of halogens is 1. The van der Waals surface area contributed by atoms with E-state index >= 15 is 0 Å². The second-order valence-electron chi connectivity index (χ2n) is 7.32. The number of piperidine rings is 1. The van der Waals surface area contributed by atoms with Crippen molar-refractivity contribution in [3.05, 3.63) is 54.2 Å². The van der Waals surface area contributed by atoms with Crippen molar-refractivity contribution in [3.8, 4) is 0 Å². The third kappa shape index (κ3) is 7.06. The van der Waals surface area contributed by atoms with E-state index < -0.39 is 0 Å². The van der Waals surface area contributed by atoms with Gasteiger partial charge in [0, 0.05) is 45.5 Å². The first-order chi connectivity index (χ1) is 13.7. The molecule has 2 aromatic rings. The Balaban J connectivity index is 0.00000300. The smallest absolute Gasteiger partial charge is 0.191 e. The summed E-state index contributed by atoms with van der Waals surface area (Å²) in [5, 5.41) is 6.98. The molecule has 1 aliphatic heterocycles. The summed E-state index contributed by atoms with van der Waals surface area (Å²) in [6, 6.07) is 17.2. The molecule has 1 aromatic heterocycles. The van der Waals surface area contributed by atoms with E-state index in [-0.39, 0.29) is 24.0 Å². The van der Waals surface area contributed by atoms with Crippen molar-refractivity contribution in [1.82, 2.24) is 15.6 Å². The maximum Gasteiger partial charge on any atom is 0.191 e. The number of aliphatic imine (C=N–C) groups is 1. The molecule has 0 saturated carbocycles. The number of nitrogens with one attached hydrogen (secondary N) is 2. The Morgan fingerprint density at radius 2 is 1.83 bits per heavy atom. The highest BCUT2D eigenvalue weighted by molar-refractivity contribution is 14.0. The molecule has 1 aliphatic rings. The van der Waals surface area contributed by atoms with E-state index in [1.165, 1.54) is 5.69 Å². The molecule has 0 bridgehead atoms. The molecule has 3 rings (SSSR count). The first-order valence-electron chi connectivity index (χ1n) is 10.1. The van der Waals surface area contributed by atoms with E-state index in [0.717, 1.165) is 49.9 Å². The van der Waals surface area contributed by atoms with Crippen LogP contribution in [0, 0.1) is 0 Å². The number of hydrogen-bond donors (Lipinski definition) is 2. The van der Waals surface area contributed by atoms with Crippen LogP contribution in [0.5, 0.6) is 0 Å². The first-order valence-corrected chi connectivity index (χ1v) is 10.1. The third-order valence-electron chi connectivity index (χ3n) is 4.95. The zero-order chi connectivity index (χ0) is 19.8. The molecule has 0 spiro atoms. The molecular weight excluding hydrogens is 475 g/mol. The van der Waals surface area contributed by atoms with Gasteiger partial charge in [0.05, 0.1) is 12.2 Å². The van der Waals surface area contributed by atoms with Gasteiger partial charge < -0.3 is 20.4 Å². The third-order valence-corrected chi connectivity index (χ3v) is 4.95. The van der Waals surface area contributed by atoms with Gasteiger partial charge in [0.1, 0.15) is 5.82 Å². The monoisotopic (exact) mass is 508 g/mol. The summed E-state index contributed by atoms with van der Waals surface area (Å²) in [4.78, 5) is 13.9. The summed E-state index contributed by atoms with van der Waals surface area (Å²) in [7, 11) is 4.01. The molecule has 2 heterocycles. The average Bonchev–Trinajstić information content (AvgIpc) is 2.73. The van der Waals surface area contributed by atoms with E-state index in [4.69, 9.17) is 4.99 Å². The SMILES string of the molecule is CCNC(=NCc1cccc(N(C)C)n1)NC1CCN(c2ccccc2)CC1.I. The van der Waals surface area contributed by atoms with Gasteiger partial charge in [-0.25, -0.2) is 9.98 Å². The molecule has 7 heteroatoms. The number of rotatable bonds is 6. The van der Waals surface area contributed by atoms with Gasteiger partial charge in [0.25, 0.3) is 0 Å². The summed E-state index contributed by atoms with van der Waals surface area (Å²) >= 11 is 0. The minimum atomic E-state index is 0. The lowest BCUT2D eigenvalue weighted by atomic mass is 10.0. The number of anilines is 2. The average molecular weight is 508 g/mol. The standard InChI is InChI=1S/C22H32N6.HI/c1-4-23-22(24-17-19-9-8-12-21(25-19)27(2)3)26-18-13-15-28(16-14-18)20-10-6-5-7-11-20;/h5-12,18H,4,13-17H2,1-3H3,(H2,23,24,26);1H. The van der Waals surface area contributed by atoms with Crippen LogP contribution in [0.15, 0.2) is 53.5 Å². The van der Waals surface area contributed by atoms with E-state index in [1.54, 1.807) is 0 Å². The molecule has 0 amide bonds. The van der Waals surface area contributed by atoms with Crippen molar-refractivity contribution in [2.24, 2.45) is 4.99 Å². The minimum absolute atomic E-state index is 0. The summed E-state index contributed by atoms with van der Waals surface area (Å²) in [6.07, 6.45) is 2.21. The van der Waals surface area contributed by atoms with E-state index in [9.17, 15) is 0 Å². The van der Waals surface area contributed by atoms with Gasteiger partial charge in [-0.1, -0.05) is 24.3 Å². The van der Waals surface area contributed by atoms with Crippen molar-refractivity contribution in [1.29, 1.82) is 0 Å². The van der Waals surface area contributed by atoms with Crippen LogP contribution < -0.4 is 20.4 Å². The fourth-order valence-electron chi connectivity index (χ4n) is 3.40. The van der Waals surface area contributed by atoms with E-state index in [1.807, 2.05) is 37.2 Å². The predicted octanol–water partition coefficient (Wildman–Crippen LogP) is 3.49. The largest absolute Gasteiger partial charge is 0.371 e. The molecule has 2 N–H and O–H groups in total. The summed E-state index contributed by atoms with van der Waals surface area (Å²) in [5.74, 6) is 1.83. The Morgan fingerprint density at radius 3 is 2.48 bits per heavy atom. The molecule has 0 aliphatic carbocycles. The van der Waals surface area contributed by atoms with Crippen LogP contribution in [0.2, 0.25) is 0 Å². The van der Waals surface area contributed by atoms with Crippen molar-refractivity contribution >= 4 is 41.4 Å². The number of benzene rings is 1. The zero-order valence-corrected chi connectivity index (χ0v) is 20.0. The Hall–Kier alpha value is -2.03. The molecule has 0 atom stereocenters. The highest BCUT2D eigenvalue weighted by Crippen LogP contribution is 2.19. The minimum Gasteiger partial charge on any atom is -0.371 e. The highest BCUT2D eigenvalue weighted by atomic mass is 127. The molecule has 0 radical (unpaired) electrons. The lowest BCUT2D eigenvalue weighted by molar-refractivity contribution is 0.461. The fourth-order valence-corrected chi connectivity index (χ4v) is 3.40. The summed E-state index contributed by atoms with van der Waals surface area (Å²) in [6.45, 7) is 5.64. The van der Waals surface area contributed by atoms with Gasteiger partial charge in [-0.3, -0.25) is 0 Å². The number of hydrogen-bond acceptors (Lipinski definition) is 4. The molecule has 0 unspecified atom stereocenters. The van der Waals surface area contributed by atoms with Crippen LogP contribution >= 0.6 is 24.0 Å². The quantitative estimate of drug-likeness (QED) is 0.356. The van der Waals surface area contributed by atoms with Gasteiger partial charge in [-0.05, 0) is 44.0 Å². The highest BCUT2D eigenvalue weighted by Gasteiger charge is 2.20. The first kappa shape index (κ1) is 23.3. The molecular formula is C22H33IN6. The second kappa shape index (κ2) is 11.8. The van der Waals surface area contributed by atoms with Crippen LogP contribution in [0.1, 0.15) is 25.5 Å². The topological polar surface area (TPSA) is 55.8 Å². The molecule has 1 fully saturated rings. The van der Waals surface area contributed by atoms with Crippen molar-refractivity contribution in [3.63, 3.8) is 0 Å². The van der Waals surface area contributed by atoms with Gasteiger partial charge >= 0.3 is 0 Å². The number of guanidine groups is 1. The maximum absolute atomic E-state index is 4.76. The maximum atomic E-state index is 4.76. The molecule has 6 nitrogen and oxygen atoms in total. The van der Waals surface area contributed by atoms with E-state index in [0.29, 0.717) is 12.6 Å². The van der Waals surface area contributed by atoms with Crippen molar-refractivity contribution in [2.45, 2.75) is 32.4 Å². The number of nitrogens with zero attached hydrogens (tertiary/aromatic N) is 4. The lowest BCUT2D eigenvalue weighted by Crippen LogP contribution is -2.48. The molecule has 29 heavy (non-hydrogen) atoms. The Bertz CT molecular complexity index is 757.